The SMILES string of the molecule is Cc1c(N2C(=O)C=CC2=O)c(=O)oc2cc(N(C)C)ccc12.O=C1C=CC(=O)N1c1ccc(-c2nc3ccccc3[nH]2)cc1. The fourth-order valence-electron chi connectivity index (χ4n) is 5.00. The number of rotatable bonds is 4. The maximum absolute atomic E-state index is 12.3. The molecule has 3 aromatic carbocycles. The van der Waals surface area contributed by atoms with E-state index in [-0.39, 0.29) is 17.5 Å². The quantitative estimate of drug-likeness (QED) is 0.243. The molecule has 7 rings (SSSR count). The molecule has 44 heavy (non-hydrogen) atoms. The Morgan fingerprint density at radius 2 is 1.36 bits per heavy atom. The van der Waals surface area contributed by atoms with E-state index in [9.17, 15) is 24.0 Å². The summed E-state index contributed by atoms with van der Waals surface area (Å²) in [5.41, 5.74) is 4.44. The largest absolute Gasteiger partial charge is 0.421 e. The number of aromatic nitrogens is 2. The van der Waals surface area contributed by atoms with Crippen molar-refractivity contribution in [1.29, 1.82) is 0 Å². The molecule has 0 aliphatic carbocycles. The minimum absolute atomic E-state index is 0.0231. The first kappa shape index (κ1) is 28.0. The van der Waals surface area contributed by atoms with Crippen molar-refractivity contribution < 1.29 is 23.6 Å². The van der Waals surface area contributed by atoms with E-state index in [0.717, 1.165) is 50.1 Å². The number of hydrogen-bond acceptors (Lipinski definition) is 8. The predicted molar refractivity (Wildman–Crippen MR) is 166 cm³/mol. The molecule has 1 N–H and O–H groups in total. The number of anilines is 3. The molecule has 0 unspecified atom stereocenters. The van der Waals surface area contributed by atoms with Gasteiger partial charge in [0.15, 0.2) is 0 Å². The first-order valence-electron chi connectivity index (χ1n) is 13.5. The van der Waals surface area contributed by atoms with Crippen LogP contribution in [0.3, 0.4) is 0 Å². The molecular weight excluding hydrogens is 562 g/mol. The molecule has 218 valence electrons. The van der Waals surface area contributed by atoms with Crippen molar-refractivity contribution in [1.82, 2.24) is 9.97 Å². The van der Waals surface area contributed by atoms with E-state index in [0.29, 0.717) is 22.2 Å². The molecule has 11 heteroatoms. The number of amides is 4. The van der Waals surface area contributed by atoms with Crippen LogP contribution in [0.2, 0.25) is 0 Å². The minimum Gasteiger partial charge on any atom is -0.421 e. The highest BCUT2D eigenvalue weighted by Crippen LogP contribution is 2.29. The lowest BCUT2D eigenvalue weighted by molar-refractivity contribution is -0.121. The van der Waals surface area contributed by atoms with Crippen LogP contribution in [-0.2, 0) is 19.2 Å². The molecule has 0 atom stereocenters. The molecule has 11 nitrogen and oxygen atoms in total. The van der Waals surface area contributed by atoms with Crippen LogP contribution in [0.4, 0.5) is 17.1 Å². The molecule has 0 spiro atoms. The Morgan fingerprint density at radius 1 is 0.750 bits per heavy atom. The molecule has 0 radical (unpaired) electrons. The lowest BCUT2D eigenvalue weighted by Crippen LogP contribution is -2.34. The summed E-state index contributed by atoms with van der Waals surface area (Å²) in [6.07, 6.45) is 4.83. The van der Waals surface area contributed by atoms with Gasteiger partial charge in [-0.15, -0.1) is 0 Å². The summed E-state index contributed by atoms with van der Waals surface area (Å²) in [5, 5.41) is 0.688. The second-order valence-corrected chi connectivity index (χ2v) is 10.3. The molecule has 0 saturated carbocycles. The van der Waals surface area contributed by atoms with Gasteiger partial charge in [-0.05, 0) is 61.0 Å². The first-order valence-corrected chi connectivity index (χ1v) is 13.5. The fraction of sp³-hybridized carbons (Fsp3) is 0.0909. The average Bonchev–Trinajstić information content (AvgIpc) is 3.69. The number of benzene rings is 3. The van der Waals surface area contributed by atoms with E-state index < -0.39 is 17.4 Å². The molecule has 2 aliphatic heterocycles. The van der Waals surface area contributed by atoms with Gasteiger partial charge >= 0.3 is 5.63 Å². The van der Waals surface area contributed by atoms with Crippen molar-refractivity contribution >= 4 is 62.7 Å². The van der Waals surface area contributed by atoms with Crippen LogP contribution >= 0.6 is 0 Å². The summed E-state index contributed by atoms with van der Waals surface area (Å²) in [7, 11) is 3.77. The number of para-hydroxylation sites is 2. The van der Waals surface area contributed by atoms with Gasteiger partial charge in [-0.2, -0.15) is 0 Å². The van der Waals surface area contributed by atoms with E-state index >= 15 is 0 Å². The van der Waals surface area contributed by atoms with Crippen LogP contribution < -0.4 is 20.3 Å². The molecule has 5 aromatic rings. The number of fused-ring (bicyclic) bond motifs is 2. The molecule has 0 fully saturated rings. The third kappa shape index (κ3) is 4.96. The lowest BCUT2D eigenvalue weighted by Gasteiger charge is -2.17. The Bertz CT molecular complexity index is 2050. The van der Waals surface area contributed by atoms with E-state index in [4.69, 9.17) is 4.42 Å². The number of aryl methyl sites for hydroxylation is 1. The van der Waals surface area contributed by atoms with E-state index in [1.165, 1.54) is 12.2 Å². The summed E-state index contributed by atoms with van der Waals surface area (Å²) >= 11 is 0. The van der Waals surface area contributed by atoms with E-state index in [1.807, 2.05) is 67.5 Å². The summed E-state index contributed by atoms with van der Waals surface area (Å²) in [6, 6.07) is 20.4. The van der Waals surface area contributed by atoms with Gasteiger partial charge in [0.05, 0.1) is 16.7 Å². The second-order valence-electron chi connectivity index (χ2n) is 10.3. The van der Waals surface area contributed by atoms with Crippen molar-refractivity contribution in [2.24, 2.45) is 0 Å². The normalized spacial score (nSPS) is 14.2. The number of hydrogen-bond donors (Lipinski definition) is 1. The summed E-state index contributed by atoms with van der Waals surface area (Å²) in [6.45, 7) is 1.70. The van der Waals surface area contributed by atoms with Gasteiger partial charge in [0.2, 0.25) is 0 Å². The third-order valence-electron chi connectivity index (χ3n) is 7.27. The Balaban J connectivity index is 0.000000156. The average molecular weight is 588 g/mol. The number of carbonyl (C=O) groups excluding carboxylic acids is 4. The van der Waals surface area contributed by atoms with Crippen LogP contribution in [0.1, 0.15) is 5.56 Å². The van der Waals surface area contributed by atoms with Crippen LogP contribution in [0, 0.1) is 6.92 Å². The predicted octanol–water partition coefficient (Wildman–Crippen LogP) is 4.26. The Morgan fingerprint density at radius 3 is 1.98 bits per heavy atom. The van der Waals surface area contributed by atoms with Gasteiger partial charge in [-0.1, -0.05) is 12.1 Å². The Labute approximate surface area is 250 Å². The van der Waals surface area contributed by atoms with Gasteiger partial charge in [0, 0.05) is 61.1 Å². The van der Waals surface area contributed by atoms with Gasteiger partial charge in [0.1, 0.15) is 17.1 Å². The third-order valence-corrected chi connectivity index (χ3v) is 7.27. The number of imidazole rings is 1. The van der Waals surface area contributed by atoms with Crippen molar-refractivity contribution in [3.63, 3.8) is 0 Å². The van der Waals surface area contributed by atoms with Crippen LogP contribution in [0.15, 0.2) is 100 Å². The van der Waals surface area contributed by atoms with Crippen LogP contribution in [0.5, 0.6) is 0 Å². The molecule has 2 aliphatic rings. The second kappa shape index (κ2) is 11.0. The standard InChI is InChI=1S/C17H11N3O2.C16H14N2O4/c21-15-9-10-16(22)20(15)12-7-5-11(6-8-12)17-18-13-3-1-2-4-14(13)19-17;1-9-11-5-4-10(17(2)3)8-12(11)22-16(21)15(9)18-13(19)6-7-14(18)20/h1-10H,(H,18,19);4-8H,1-3H3. The van der Waals surface area contributed by atoms with Crippen molar-refractivity contribution in [2.75, 3.05) is 28.8 Å². The van der Waals surface area contributed by atoms with Gasteiger partial charge in [0.25, 0.3) is 23.6 Å². The van der Waals surface area contributed by atoms with E-state index in [1.54, 1.807) is 25.1 Å². The zero-order valence-electron chi connectivity index (χ0n) is 23.9. The van der Waals surface area contributed by atoms with Crippen LogP contribution in [0.25, 0.3) is 33.4 Å². The maximum Gasteiger partial charge on any atom is 0.361 e. The first-order chi connectivity index (χ1) is 21.1. The summed E-state index contributed by atoms with van der Waals surface area (Å²) in [4.78, 5) is 70.8. The minimum atomic E-state index is -0.702. The maximum atomic E-state index is 12.3. The van der Waals surface area contributed by atoms with Gasteiger partial charge in [-0.3, -0.25) is 19.2 Å². The molecule has 0 saturated heterocycles. The smallest absolute Gasteiger partial charge is 0.361 e. The number of aromatic amines is 1. The van der Waals surface area contributed by atoms with Crippen molar-refractivity contribution in [3.8, 4) is 11.4 Å². The zero-order chi connectivity index (χ0) is 31.1. The Hall–Kier alpha value is -6.10. The lowest BCUT2D eigenvalue weighted by atomic mass is 10.1. The van der Waals surface area contributed by atoms with E-state index in [2.05, 4.69) is 9.97 Å². The molecule has 4 heterocycles. The highest BCUT2D eigenvalue weighted by Gasteiger charge is 2.30. The molecular formula is C33H25N5O6. The topological polar surface area (TPSA) is 137 Å². The number of H-pyrrole nitrogens is 1. The Kier molecular flexibility index (Phi) is 6.98. The fourth-order valence-corrected chi connectivity index (χ4v) is 5.00. The number of imide groups is 2. The number of carbonyl (C=O) groups is 4. The molecule has 4 amide bonds. The van der Waals surface area contributed by atoms with Gasteiger partial charge in [-0.25, -0.2) is 19.6 Å². The zero-order valence-corrected chi connectivity index (χ0v) is 23.9. The number of nitrogens with one attached hydrogen (secondary N) is 1. The highest BCUT2D eigenvalue weighted by molar-refractivity contribution is 6.29. The molecule has 0 bridgehead atoms. The number of nitrogens with zero attached hydrogens (tertiary/aromatic N) is 4. The summed E-state index contributed by atoms with van der Waals surface area (Å²) in [5.74, 6) is -0.956. The van der Waals surface area contributed by atoms with Crippen molar-refractivity contribution in [2.45, 2.75) is 6.92 Å². The molecule has 2 aromatic heterocycles. The van der Waals surface area contributed by atoms with Crippen LogP contribution in [-0.4, -0.2) is 47.7 Å². The summed E-state index contributed by atoms with van der Waals surface area (Å²) < 4.78 is 5.32. The van der Waals surface area contributed by atoms with Gasteiger partial charge < -0.3 is 14.3 Å². The van der Waals surface area contributed by atoms with Crippen molar-refractivity contribution in [3.05, 3.63) is 107 Å². The monoisotopic (exact) mass is 587 g/mol. The highest BCUT2D eigenvalue weighted by atomic mass is 16.4.